The molecule has 0 aliphatic heterocycles. The zero-order chi connectivity index (χ0) is 22.8. The third-order valence-corrected chi connectivity index (χ3v) is 5.52. The second kappa shape index (κ2) is 8.60. The Morgan fingerprint density at radius 3 is 2.62 bits per heavy atom. The van der Waals surface area contributed by atoms with Gasteiger partial charge in [0, 0.05) is 36.3 Å². The molecule has 160 valence electrons. The van der Waals surface area contributed by atoms with Crippen LogP contribution in [0.2, 0.25) is 0 Å². The summed E-state index contributed by atoms with van der Waals surface area (Å²) >= 11 is 0. The van der Waals surface area contributed by atoms with E-state index in [1.54, 1.807) is 19.3 Å². The van der Waals surface area contributed by atoms with E-state index in [-0.39, 0.29) is 5.56 Å². The minimum absolute atomic E-state index is 0.215. The van der Waals surface area contributed by atoms with E-state index < -0.39 is 11.9 Å². The zero-order valence-corrected chi connectivity index (χ0v) is 18.1. The topological polar surface area (TPSA) is 76.5 Å². The lowest BCUT2D eigenvalue weighted by atomic mass is 10.0. The van der Waals surface area contributed by atoms with Crippen LogP contribution in [-0.2, 0) is 6.42 Å². The van der Waals surface area contributed by atoms with E-state index in [1.807, 2.05) is 42.8 Å². The number of nitriles is 1. The molecular formula is C25H22FN5O. The highest BCUT2D eigenvalue weighted by Gasteiger charge is 2.15. The van der Waals surface area contributed by atoms with Crippen molar-refractivity contribution >= 4 is 0 Å². The van der Waals surface area contributed by atoms with E-state index in [4.69, 9.17) is 0 Å². The zero-order valence-electron chi connectivity index (χ0n) is 18.1. The minimum atomic E-state index is -0.470. The maximum absolute atomic E-state index is 13.6. The summed E-state index contributed by atoms with van der Waals surface area (Å²) in [6.07, 6.45) is 8.27. The normalized spacial score (nSPS) is 11.8. The number of aromatic nitrogens is 4. The molecule has 0 saturated heterocycles. The van der Waals surface area contributed by atoms with Crippen molar-refractivity contribution in [1.29, 1.82) is 5.26 Å². The molecule has 3 aromatic heterocycles. The van der Waals surface area contributed by atoms with Crippen LogP contribution in [0.1, 0.15) is 46.5 Å². The van der Waals surface area contributed by atoms with E-state index in [9.17, 15) is 14.4 Å². The molecule has 6 nitrogen and oxygen atoms in total. The Hall–Kier alpha value is -4.05. The van der Waals surface area contributed by atoms with Crippen LogP contribution in [-0.4, -0.2) is 19.1 Å². The van der Waals surface area contributed by atoms with Gasteiger partial charge < -0.3 is 9.13 Å². The van der Waals surface area contributed by atoms with Gasteiger partial charge in [-0.1, -0.05) is 12.1 Å². The van der Waals surface area contributed by atoms with Crippen LogP contribution in [0.3, 0.4) is 0 Å². The molecule has 0 saturated carbocycles. The molecule has 0 aliphatic carbocycles. The number of benzene rings is 1. The summed E-state index contributed by atoms with van der Waals surface area (Å²) in [6.45, 7) is 5.74. The fourth-order valence-corrected chi connectivity index (χ4v) is 3.84. The first-order valence-corrected chi connectivity index (χ1v) is 10.2. The van der Waals surface area contributed by atoms with Crippen molar-refractivity contribution in [3.63, 3.8) is 0 Å². The highest BCUT2D eigenvalue weighted by molar-refractivity contribution is 5.44. The molecule has 0 unspecified atom stereocenters. The van der Waals surface area contributed by atoms with Gasteiger partial charge in [-0.25, -0.2) is 9.37 Å². The van der Waals surface area contributed by atoms with Gasteiger partial charge in [-0.05, 0) is 55.7 Å². The van der Waals surface area contributed by atoms with Crippen LogP contribution >= 0.6 is 0 Å². The SMILES string of the molecule is Cc1cn(-c2ccc(Cc3cc(C#N)cn([C@@H](C)c4cncc(F)c4)c3=O)cc2C)cn1. The summed E-state index contributed by atoms with van der Waals surface area (Å²) in [4.78, 5) is 21.4. The molecule has 0 bridgehead atoms. The second-order valence-electron chi connectivity index (χ2n) is 7.91. The largest absolute Gasteiger partial charge is 0.307 e. The summed E-state index contributed by atoms with van der Waals surface area (Å²) in [5.74, 6) is -0.470. The van der Waals surface area contributed by atoms with Gasteiger partial charge in [0.15, 0.2) is 0 Å². The molecule has 0 aliphatic rings. The number of rotatable bonds is 5. The standard InChI is InChI=1S/C25H22FN5O/c1-16-6-19(4-5-24(16)30-13-17(2)29-15-30)7-21-8-20(10-27)14-31(25(21)32)18(3)22-9-23(26)12-28-11-22/h4-6,8-9,11-15,18H,7H2,1-3H3/t18-/m0/s1. The fraction of sp³-hybridized carbons (Fsp3) is 0.200. The van der Waals surface area contributed by atoms with Gasteiger partial charge in [0.1, 0.15) is 11.9 Å². The molecule has 1 aromatic carbocycles. The van der Waals surface area contributed by atoms with Gasteiger partial charge in [-0.3, -0.25) is 9.78 Å². The minimum Gasteiger partial charge on any atom is -0.307 e. The number of hydrogen-bond acceptors (Lipinski definition) is 4. The summed E-state index contributed by atoms with van der Waals surface area (Å²) in [5.41, 5.74) is 5.19. The summed E-state index contributed by atoms with van der Waals surface area (Å²) in [7, 11) is 0. The maximum Gasteiger partial charge on any atom is 0.254 e. The van der Waals surface area contributed by atoms with Crippen molar-refractivity contribution in [1.82, 2.24) is 19.1 Å². The number of hydrogen-bond donors (Lipinski definition) is 0. The van der Waals surface area contributed by atoms with Gasteiger partial charge >= 0.3 is 0 Å². The lowest BCUT2D eigenvalue weighted by Crippen LogP contribution is -2.27. The first-order chi connectivity index (χ1) is 15.4. The van der Waals surface area contributed by atoms with Gasteiger partial charge in [-0.15, -0.1) is 0 Å². The van der Waals surface area contributed by atoms with E-state index in [0.29, 0.717) is 23.1 Å². The first kappa shape index (κ1) is 21.2. The Morgan fingerprint density at radius 1 is 1.16 bits per heavy atom. The summed E-state index contributed by atoms with van der Waals surface area (Å²) in [5, 5.41) is 9.50. The molecule has 0 amide bonds. The maximum atomic E-state index is 13.6. The van der Waals surface area contributed by atoms with Crippen molar-refractivity contribution in [2.75, 3.05) is 0 Å². The summed E-state index contributed by atoms with van der Waals surface area (Å²) in [6, 6.07) is 10.6. The van der Waals surface area contributed by atoms with Crippen LogP contribution in [0.25, 0.3) is 5.69 Å². The molecule has 0 N–H and O–H groups in total. The number of aryl methyl sites for hydroxylation is 2. The predicted molar refractivity (Wildman–Crippen MR) is 119 cm³/mol. The van der Waals surface area contributed by atoms with Crippen molar-refractivity contribution in [2.45, 2.75) is 33.2 Å². The fourth-order valence-electron chi connectivity index (χ4n) is 3.84. The monoisotopic (exact) mass is 427 g/mol. The van der Waals surface area contributed by atoms with E-state index in [2.05, 4.69) is 16.0 Å². The number of imidazole rings is 1. The molecule has 3 heterocycles. The lowest BCUT2D eigenvalue weighted by molar-refractivity contribution is 0.583. The first-order valence-electron chi connectivity index (χ1n) is 10.2. The lowest BCUT2D eigenvalue weighted by Gasteiger charge is -2.17. The van der Waals surface area contributed by atoms with Gasteiger partial charge in [-0.2, -0.15) is 5.26 Å². The number of halogens is 1. The molecular weight excluding hydrogens is 405 g/mol. The highest BCUT2D eigenvalue weighted by Crippen LogP contribution is 2.20. The Bertz CT molecular complexity index is 1400. The number of pyridine rings is 2. The van der Waals surface area contributed by atoms with Crippen LogP contribution in [0.4, 0.5) is 4.39 Å². The van der Waals surface area contributed by atoms with Crippen LogP contribution in [0.5, 0.6) is 0 Å². The molecule has 7 heteroatoms. The third-order valence-electron chi connectivity index (χ3n) is 5.52. The van der Waals surface area contributed by atoms with Gasteiger partial charge in [0.25, 0.3) is 5.56 Å². The molecule has 1 atom stereocenters. The Kier molecular flexibility index (Phi) is 5.69. The van der Waals surface area contributed by atoms with Crippen LogP contribution in [0.15, 0.2) is 66.2 Å². The highest BCUT2D eigenvalue weighted by atomic mass is 19.1. The quantitative estimate of drug-likeness (QED) is 0.477. The van der Waals surface area contributed by atoms with Gasteiger partial charge in [0.05, 0.1) is 29.8 Å². The Morgan fingerprint density at radius 2 is 1.97 bits per heavy atom. The predicted octanol–water partition coefficient (Wildman–Crippen LogP) is 4.26. The van der Waals surface area contributed by atoms with E-state index in [0.717, 1.165) is 28.7 Å². The third kappa shape index (κ3) is 4.21. The number of nitrogens with zero attached hydrogens (tertiary/aromatic N) is 5. The molecule has 4 rings (SSSR count). The van der Waals surface area contributed by atoms with Gasteiger partial charge in [0.2, 0.25) is 0 Å². The molecule has 4 aromatic rings. The molecule has 32 heavy (non-hydrogen) atoms. The Balaban J connectivity index is 1.70. The summed E-state index contributed by atoms with van der Waals surface area (Å²) < 4.78 is 17.1. The van der Waals surface area contributed by atoms with E-state index >= 15 is 0 Å². The van der Waals surface area contributed by atoms with E-state index in [1.165, 1.54) is 23.0 Å². The molecule has 0 radical (unpaired) electrons. The van der Waals surface area contributed by atoms with Crippen molar-refractivity contribution in [3.05, 3.63) is 111 Å². The molecule has 0 spiro atoms. The van der Waals surface area contributed by atoms with Crippen LogP contribution < -0.4 is 5.56 Å². The van der Waals surface area contributed by atoms with Crippen LogP contribution in [0, 0.1) is 31.0 Å². The molecule has 0 fully saturated rings. The van der Waals surface area contributed by atoms with Crippen molar-refractivity contribution < 1.29 is 4.39 Å². The second-order valence-corrected chi connectivity index (χ2v) is 7.91. The average molecular weight is 427 g/mol. The van der Waals surface area contributed by atoms with Crippen molar-refractivity contribution in [3.8, 4) is 11.8 Å². The smallest absolute Gasteiger partial charge is 0.254 e. The Labute approximate surface area is 185 Å². The average Bonchev–Trinajstić information content (AvgIpc) is 3.20. The van der Waals surface area contributed by atoms with Crippen molar-refractivity contribution in [2.24, 2.45) is 0 Å².